The average molecular weight is 401 g/mol. The van der Waals surface area contributed by atoms with Crippen molar-refractivity contribution in [3.63, 3.8) is 0 Å². The van der Waals surface area contributed by atoms with Gasteiger partial charge in [-0.2, -0.15) is 0 Å². The largest absolute Gasteiger partial charge is 0.325 e. The number of rotatable bonds is 7. The summed E-state index contributed by atoms with van der Waals surface area (Å²) < 4.78 is 24.6. The summed E-state index contributed by atoms with van der Waals surface area (Å²) in [7, 11) is -1.73. The fraction of sp³-hybridized carbons (Fsp3) is 0.235. The molecule has 2 rings (SSSR count). The van der Waals surface area contributed by atoms with Crippen molar-refractivity contribution >= 4 is 44.6 Å². The lowest BCUT2D eigenvalue weighted by molar-refractivity contribution is -0.117. The molecule has 0 fully saturated rings. The molecule has 1 N–H and O–H groups in total. The van der Waals surface area contributed by atoms with E-state index in [1.54, 1.807) is 36.2 Å². The van der Waals surface area contributed by atoms with Gasteiger partial charge in [-0.25, -0.2) is 8.42 Å². The average Bonchev–Trinajstić information content (AvgIpc) is 2.53. The quantitative estimate of drug-likeness (QED) is 0.773. The number of sulfone groups is 1. The zero-order valence-corrected chi connectivity index (χ0v) is 15.9. The van der Waals surface area contributed by atoms with Gasteiger partial charge in [0, 0.05) is 22.3 Å². The van der Waals surface area contributed by atoms with E-state index in [1.165, 1.54) is 24.3 Å². The Kier molecular flexibility index (Phi) is 6.84. The van der Waals surface area contributed by atoms with Crippen LogP contribution >= 0.6 is 23.2 Å². The Morgan fingerprint density at radius 3 is 2.40 bits per heavy atom. The molecule has 1 amide bonds. The van der Waals surface area contributed by atoms with Gasteiger partial charge in [0.15, 0.2) is 9.84 Å². The second kappa shape index (κ2) is 8.67. The predicted molar refractivity (Wildman–Crippen MR) is 101 cm³/mol. The van der Waals surface area contributed by atoms with Crippen LogP contribution in [0.5, 0.6) is 0 Å². The van der Waals surface area contributed by atoms with Gasteiger partial charge in [-0.15, -0.1) is 0 Å². The summed E-state index contributed by atoms with van der Waals surface area (Å²) in [4.78, 5) is 13.9. The molecule has 2 aromatic carbocycles. The molecule has 5 nitrogen and oxygen atoms in total. The number of nitrogens with zero attached hydrogens (tertiary/aromatic N) is 1. The molecule has 8 heteroatoms. The summed E-state index contributed by atoms with van der Waals surface area (Å²) in [5.74, 6) is -0.330. The highest BCUT2D eigenvalue weighted by Gasteiger charge is 2.16. The number of anilines is 1. The Morgan fingerprint density at radius 2 is 1.76 bits per heavy atom. The third-order valence-corrected chi connectivity index (χ3v) is 5.63. The second-order valence-corrected chi connectivity index (χ2v) is 8.55. The molecule has 0 unspecified atom stereocenters. The van der Waals surface area contributed by atoms with Crippen LogP contribution in [0.4, 0.5) is 5.69 Å². The molecule has 0 radical (unpaired) electrons. The van der Waals surface area contributed by atoms with Crippen LogP contribution in [-0.2, 0) is 14.6 Å². The lowest BCUT2D eigenvalue weighted by Gasteiger charge is -2.16. The Morgan fingerprint density at radius 1 is 1.08 bits per heavy atom. The van der Waals surface area contributed by atoms with Crippen LogP contribution in [0.25, 0.3) is 0 Å². The van der Waals surface area contributed by atoms with Crippen LogP contribution in [0.15, 0.2) is 53.4 Å². The molecule has 2 aromatic rings. The minimum absolute atomic E-state index is 0.0721. The van der Waals surface area contributed by atoms with Gasteiger partial charge >= 0.3 is 0 Å². The minimum Gasteiger partial charge on any atom is -0.325 e. The number of halogens is 2. The normalized spacial score (nSPS) is 11.5. The predicted octanol–water partition coefficient (Wildman–Crippen LogP) is 3.34. The lowest BCUT2D eigenvalue weighted by Crippen LogP contribution is -2.33. The SMILES string of the molecule is CN(CCS(=O)(=O)c1ccc(Cl)cc1)CC(=O)Nc1cccc(Cl)c1. The van der Waals surface area contributed by atoms with Gasteiger partial charge in [0.1, 0.15) is 0 Å². The number of carbonyl (C=O) groups excluding carboxylic acids is 1. The van der Waals surface area contributed by atoms with Crippen LogP contribution in [0.3, 0.4) is 0 Å². The minimum atomic E-state index is -3.42. The Bertz CT molecular complexity index is 839. The molecule has 134 valence electrons. The van der Waals surface area contributed by atoms with Crippen molar-refractivity contribution in [3.8, 4) is 0 Å². The van der Waals surface area contributed by atoms with E-state index in [0.717, 1.165) is 0 Å². The fourth-order valence-electron chi connectivity index (χ4n) is 2.13. The Labute approximate surface area is 157 Å². The van der Waals surface area contributed by atoms with Crippen LogP contribution in [-0.4, -0.2) is 45.1 Å². The van der Waals surface area contributed by atoms with Crippen molar-refractivity contribution in [3.05, 3.63) is 58.6 Å². The lowest BCUT2D eigenvalue weighted by atomic mass is 10.3. The monoisotopic (exact) mass is 400 g/mol. The number of amides is 1. The van der Waals surface area contributed by atoms with E-state index in [-0.39, 0.29) is 29.6 Å². The van der Waals surface area contributed by atoms with Crippen molar-refractivity contribution in [1.82, 2.24) is 4.90 Å². The van der Waals surface area contributed by atoms with Crippen molar-refractivity contribution < 1.29 is 13.2 Å². The number of likely N-dealkylation sites (N-methyl/N-ethyl adjacent to an activating group) is 1. The smallest absolute Gasteiger partial charge is 0.238 e. The van der Waals surface area contributed by atoms with Gasteiger partial charge in [0.05, 0.1) is 17.2 Å². The zero-order chi connectivity index (χ0) is 18.4. The molecule has 0 heterocycles. The second-order valence-electron chi connectivity index (χ2n) is 5.57. The van der Waals surface area contributed by atoms with Gasteiger partial charge in [0.25, 0.3) is 0 Å². The van der Waals surface area contributed by atoms with Gasteiger partial charge in [-0.3, -0.25) is 9.69 Å². The summed E-state index contributed by atoms with van der Waals surface area (Å²) in [6.45, 7) is 0.302. The standard InChI is InChI=1S/C17H18Cl2N2O3S/c1-21(12-17(22)20-15-4-2-3-14(19)11-15)9-10-25(23,24)16-7-5-13(18)6-8-16/h2-8,11H,9-10,12H2,1H3,(H,20,22). The Hall–Kier alpha value is -1.60. The summed E-state index contributed by atoms with van der Waals surface area (Å²) in [5.41, 5.74) is 0.597. The molecule has 0 aliphatic carbocycles. The zero-order valence-electron chi connectivity index (χ0n) is 13.6. The highest BCUT2D eigenvalue weighted by atomic mass is 35.5. The van der Waals surface area contributed by atoms with E-state index in [4.69, 9.17) is 23.2 Å². The van der Waals surface area contributed by atoms with Crippen LogP contribution in [0, 0.1) is 0 Å². The molecule has 0 aliphatic heterocycles. The van der Waals surface area contributed by atoms with Crippen molar-refractivity contribution in [2.75, 3.05) is 31.2 Å². The molecule has 0 atom stereocenters. The van der Waals surface area contributed by atoms with E-state index in [1.807, 2.05) is 0 Å². The number of carbonyl (C=O) groups is 1. The molecule has 0 spiro atoms. The van der Waals surface area contributed by atoms with Crippen molar-refractivity contribution in [1.29, 1.82) is 0 Å². The van der Waals surface area contributed by atoms with E-state index in [9.17, 15) is 13.2 Å². The maximum absolute atomic E-state index is 12.3. The van der Waals surface area contributed by atoms with Crippen LogP contribution in [0.2, 0.25) is 10.0 Å². The van der Waals surface area contributed by atoms with E-state index in [2.05, 4.69) is 5.32 Å². The van der Waals surface area contributed by atoms with E-state index >= 15 is 0 Å². The summed E-state index contributed by atoms with van der Waals surface area (Å²) in [6, 6.07) is 12.9. The van der Waals surface area contributed by atoms with Crippen LogP contribution in [0.1, 0.15) is 0 Å². The summed E-state index contributed by atoms with van der Waals surface area (Å²) in [5, 5.41) is 3.73. The summed E-state index contributed by atoms with van der Waals surface area (Å²) in [6.07, 6.45) is 0. The molecule has 0 bridgehead atoms. The number of nitrogens with one attached hydrogen (secondary N) is 1. The van der Waals surface area contributed by atoms with E-state index in [0.29, 0.717) is 15.7 Å². The molecule has 0 saturated heterocycles. The third kappa shape index (κ3) is 6.32. The maximum Gasteiger partial charge on any atom is 0.238 e. The topological polar surface area (TPSA) is 66.5 Å². The molecule has 25 heavy (non-hydrogen) atoms. The first-order valence-corrected chi connectivity index (χ1v) is 9.89. The number of benzene rings is 2. The van der Waals surface area contributed by atoms with Gasteiger partial charge in [0.2, 0.25) is 5.91 Å². The number of hydrogen-bond donors (Lipinski definition) is 1. The van der Waals surface area contributed by atoms with E-state index < -0.39 is 9.84 Å². The first-order chi connectivity index (χ1) is 11.8. The first kappa shape index (κ1) is 19.7. The highest BCUT2D eigenvalue weighted by molar-refractivity contribution is 7.91. The number of hydrogen-bond acceptors (Lipinski definition) is 4. The highest BCUT2D eigenvalue weighted by Crippen LogP contribution is 2.16. The Balaban J connectivity index is 1.86. The van der Waals surface area contributed by atoms with Gasteiger partial charge < -0.3 is 5.32 Å². The molecule has 0 aromatic heterocycles. The maximum atomic E-state index is 12.3. The van der Waals surface area contributed by atoms with Crippen molar-refractivity contribution in [2.24, 2.45) is 0 Å². The summed E-state index contributed by atoms with van der Waals surface area (Å²) >= 11 is 11.6. The van der Waals surface area contributed by atoms with Crippen molar-refractivity contribution in [2.45, 2.75) is 4.90 Å². The molecule has 0 aliphatic rings. The fourth-order valence-corrected chi connectivity index (χ4v) is 3.78. The first-order valence-electron chi connectivity index (χ1n) is 7.48. The molecular weight excluding hydrogens is 383 g/mol. The van der Waals surface area contributed by atoms with Gasteiger partial charge in [-0.05, 0) is 49.5 Å². The third-order valence-electron chi connectivity index (χ3n) is 3.44. The van der Waals surface area contributed by atoms with Crippen LogP contribution < -0.4 is 5.32 Å². The molecular formula is C17H18Cl2N2O3S. The molecule has 0 saturated carbocycles. The van der Waals surface area contributed by atoms with Gasteiger partial charge in [-0.1, -0.05) is 29.3 Å².